The smallest absolute Gasteiger partial charge is 0.227 e. The summed E-state index contributed by atoms with van der Waals surface area (Å²) in [4.78, 5) is 20.0. The van der Waals surface area contributed by atoms with E-state index in [1.807, 2.05) is 32.0 Å². The minimum absolute atomic E-state index is 0.0439. The number of nitrogens with zero attached hydrogens (tertiary/aromatic N) is 5. The van der Waals surface area contributed by atoms with Gasteiger partial charge >= 0.3 is 0 Å². The maximum Gasteiger partial charge on any atom is 0.227 e. The van der Waals surface area contributed by atoms with Crippen LogP contribution in [-0.2, 0) is 14.8 Å². The Bertz CT molecular complexity index is 1690. The number of hydrogen-bond acceptors (Lipinski definition) is 6. The van der Waals surface area contributed by atoms with Gasteiger partial charge in [0.25, 0.3) is 0 Å². The fourth-order valence-electron chi connectivity index (χ4n) is 5.94. The zero-order chi connectivity index (χ0) is 27.6. The van der Waals surface area contributed by atoms with Crippen LogP contribution in [0.15, 0.2) is 40.9 Å². The van der Waals surface area contributed by atoms with Gasteiger partial charge in [0.05, 0.1) is 35.1 Å². The number of sulfonamides is 1. The summed E-state index contributed by atoms with van der Waals surface area (Å²) in [6.07, 6.45) is 2.78. The van der Waals surface area contributed by atoms with E-state index in [4.69, 9.17) is 32.7 Å². The van der Waals surface area contributed by atoms with E-state index < -0.39 is 10.0 Å². The lowest BCUT2D eigenvalue weighted by molar-refractivity contribution is -0.117. The first-order valence-electron chi connectivity index (χ1n) is 12.7. The summed E-state index contributed by atoms with van der Waals surface area (Å²) in [5.74, 6) is 1.39. The monoisotopic (exact) mass is 587 g/mol. The molecule has 0 saturated carbocycles. The van der Waals surface area contributed by atoms with E-state index in [-0.39, 0.29) is 18.0 Å². The van der Waals surface area contributed by atoms with Gasteiger partial charge in [-0.1, -0.05) is 34.4 Å². The van der Waals surface area contributed by atoms with E-state index in [1.165, 1.54) is 10.6 Å². The van der Waals surface area contributed by atoms with Gasteiger partial charge in [-0.05, 0) is 62.6 Å². The summed E-state index contributed by atoms with van der Waals surface area (Å²) >= 11 is 12.6. The molecule has 39 heavy (non-hydrogen) atoms. The molecule has 2 fully saturated rings. The molecule has 4 heterocycles. The average Bonchev–Trinajstić information content (AvgIpc) is 3.62. The van der Waals surface area contributed by atoms with E-state index in [1.54, 1.807) is 23.1 Å². The Hall–Kier alpha value is -2.92. The number of aryl methyl sites for hydroxylation is 2. The summed E-state index contributed by atoms with van der Waals surface area (Å²) in [5, 5.41) is 4.97. The first-order valence-corrected chi connectivity index (χ1v) is 15.3. The number of amides is 1. The molecule has 1 amide bonds. The molecule has 2 aliphatic heterocycles. The number of aromatic nitrogens is 3. The normalized spacial score (nSPS) is 20.5. The molecule has 204 valence electrons. The molecule has 0 radical (unpaired) electrons. The third kappa shape index (κ3) is 4.63. The van der Waals surface area contributed by atoms with Crippen LogP contribution >= 0.6 is 23.2 Å². The minimum atomic E-state index is -3.34. The molecule has 2 saturated heterocycles. The van der Waals surface area contributed by atoms with Crippen molar-refractivity contribution in [2.24, 2.45) is 0 Å². The van der Waals surface area contributed by atoms with Crippen molar-refractivity contribution in [3.63, 3.8) is 0 Å². The molecule has 4 aromatic rings. The van der Waals surface area contributed by atoms with Crippen molar-refractivity contribution < 1.29 is 17.7 Å². The number of anilines is 1. The largest absolute Gasteiger partial charge is 0.361 e. The Labute approximate surface area is 236 Å². The number of imidazole rings is 1. The fourth-order valence-corrected chi connectivity index (χ4v) is 7.33. The second kappa shape index (κ2) is 9.62. The zero-order valence-electron chi connectivity index (χ0n) is 21.7. The summed E-state index contributed by atoms with van der Waals surface area (Å²) in [7, 11) is -3.34. The van der Waals surface area contributed by atoms with E-state index in [0.29, 0.717) is 53.9 Å². The second-order valence-electron chi connectivity index (χ2n) is 10.3. The maximum atomic E-state index is 13.2. The molecular weight excluding hydrogens is 561 g/mol. The van der Waals surface area contributed by atoms with Crippen LogP contribution in [-0.4, -0.2) is 52.7 Å². The molecule has 0 unspecified atom stereocenters. The SMILES string of the molecule is Cc1noc(C)c1-c1ccc2c(c1)nc([C@@H]1CCC(=O)N1c1cc(Cl)cc(Cl)c1)n2[C@@H]1CCN(S(C)(=O)=O)C1. The maximum absolute atomic E-state index is 13.2. The highest BCUT2D eigenvalue weighted by atomic mass is 35.5. The van der Waals surface area contributed by atoms with Crippen LogP contribution in [0.1, 0.15) is 48.6 Å². The Morgan fingerprint density at radius 3 is 2.44 bits per heavy atom. The highest BCUT2D eigenvalue weighted by Crippen LogP contribution is 2.42. The van der Waals surface area contributed by atoms with Crippen LogP contribution in [0.4, 0.5) is 5.69 Å². The molecule has 2 atom stereocenters. The number of benzene rings is 2. The van der Waals surface area contributed by atoms with Gasteiger partial charge in [-0.25, -0.2) is 17.7 Å². The highest BCUT2D eigenvalue weighted by molar-refractivity contribution is 7.88. The molecular formula is C27H27Cl2N5O4S. The van der Waals surface area contributed by atoms with Crippen molar-refractivity contribution in [2.45, 2.75) is 45.2 Å². The van der Waals surface area contributed by atoms with E-state index >= 15 is 0 Å². The quantitative estimate of drug-likeness (QED) is 0.297. The average molecular weight is 589 g/mol. The van der Waals surface area contributed by atoms with Gasteiger partial charge in [0.15, 0.2) is 0 Å². The molecule has 0 N–H and O–H groups in total. The predicted molar refractivity (Wildman–Crippen MR) is 151 cm³/mol. The number of rotatable bonds is 5. The van der Waals surface area contributed by atoms with Gasteiger partial charge in [-0.2, -0.15) is 0 Å². The van der Waals surface area contributed by atoms with Crippen molar-refractivity contribution in [2.75, 3.05) is 24.2 Å². The number of halogens is 2. The summed E-state index contributed by atoms with van der Waals surface area (Å²) in [6, 6.07) is 10.6. The predicted octanol–water partition coefficient (Wildman–Crippen LogP) is 5.69. The van der Waals surface area contributed by atoms with Gasteiger partial charge in [-0.3, -0.25) is 4.79 Å². The molecule has 2 aromatic heterocycles. The number of carbonyl (C=O) groups excluding carboxylic acids is 1. The van der Waals surface area contributed by atoms with E-state index in [9.17, 15) is 13.2 Å². The number of carbonyl (C=O) groups is 1. The lowest BCUT2D eigenvalue weighted by atomic mass is 10.0. The topological polar surface area (TPSA) is 102 Å². The standard InChI is InChI=1S/C27H27Cl2N5O4S/c1-15-26(16(2)38-31-15)17-4-5-23-22(10-17)30-27(34(23)20-8-9-32(14-20)39(3,36)37)24-6-7-25(35)33(24)21-12-18(28)11-19(29)13-21/h4-5,10-13,20,24H,6-9,14H2,1-3H3/t20-,24+/m1/s1. The van der Waals surface area contributed by atoms with Crippen LogP contribution in [0.25, 0.3) is 22.2 Å². The molecule has 0 bridgehead atoms. The Balaban J connectivity index is 1.52. The van der Waals surface area contributed by atoms with Gasteiger partial charge in [-0.15, -0.1) is 0 Å². The van der Waals surface area contributed by atoms with Crippen molar-refractivity contribution in [3.05, 3.63) is 63.7 Å². The molecule has 12 heteroatoms. The fraction of sp³-hybridized carbons (Fsp3) is 0.370. The first-order chi connectivity index (χ1) is 18.5. The van der Waals surface area contributed by atoms with Gasteiger partial charge in [0.2, 0.25) is 15.9 Å². The molecule has 0 aliphatic carbocycles. The van der Waals surface area contributed by atoms with Gasteiger partial charge < -0.3 is 14.0 Å². The second-order valence-corrected chi connectivity index (χ2v) is 13.1. The first kappa shape index (κ1) is 26.3. The van der Waals surface area contributed by atoms with Crippen molar-refractivity contribution in [1.29, 1.82) is 0 Å². The van der Waals surface area contributed by atoms with Crippen molar-refractivity contribution in [3.8, 4) is 11.1 Å². The van der Waals surface area contributed by atoms with Crippen LogP contribution < -0.4 is 4.90 Å². The molecule has 2 aromatic carbocycles. The van der Waals surface area contributed by atoms with Crippen LogP contribution in [0.2, 0.25) is 10.0 Å². The van der Waals surface area contributed by atoms with E-state index in [0.717, 1.165) is 33.6 Å². The number of fused-ring (bicyclic) bond motifs is 1. The van der Waals surface area contributed by atoms with Crippen LogP contribution in [0.5, 0.6) is 0 Å². The molecule has 0 spiro atoms. The highest BCUT2D eigenvalue weighted by Gasteiger charge is 2.40. The van der Waals surface area contributed by atoms with Crippen LogP contribution in [0.3, 0.4) is 0 Å². The summed E-state index contributed by atoms with van der Waals surface area (Å²) in [5.41, 5.74) is 4.88. The van der Waals surface area contributed by atoms with Crippen molar-refractivity contribution >= 4 is 55.9 Å². The minimum Gasteiger partial charge on any atom is -0.361 e. The van der Waals surface area contributed by atoms with Crippen molar-refractivity contribution in [1.82, 2.24) is 19.0 Å². The van der Waals surface area contributed by atoms with Gasteiger partial charge in [0.1, 0.15) is 11.6 Å². The molecule has 2 aliphatic rings. The summed E-state index contributed by atoms with van der Waals surface area (Å²) < 4.78 is 33.7. The Morgan fingerprint density at radius 1 is 1.05 bits per heavy atom. The van der Waals surface area contributed by atoms with Crippen LogP contribution in [0, 0.1) is 13.8 Å². The van der Waals surface area contributed by atoms with E-state index in [2.05, 4.69) is 9.72 Å². The Kier molecular flexibility index (Phi) is 6.49. The number of hydrogen-bond donors (Lipinski definition) is 0. The molecule has 6 rings (SSSR count). The Morgan fingerprint density at radius 2 is 1.79 bits per heavy atom. The van der Waals surface area contributed by atoms with Gasteiger partial charge in [0, 0.05) is 40.8 Å². The summed E-state index contributed by atoms with van der Waals surface area (Å²) in [6.45, 7) is 4.54. The lowest BCUT2D eigenvalue weighted by Gasteiger charge is -2.27. The third-order valence-electron chi connectivity index (χ3n) is 7.63. The molecule has 9 nitrogen and oxygen atoms in total. The lowest BCUT2D eigenvalue weighted by Crippen LogP contribution is -2.31. The zero-order valence-corrected chi connectivity index (χ0v) is 24.0. The third-order valence-corrected chi connectivity index (χ3v) is 9.34.